The third-order valence-corrected chi connectivity index (χ3v) is 7.82. The Morgan fingerprint density at radius 1 is 1.06 bits per heavy atom. The number of hydrogen-bond donors (Lipinski definition) is 2. The molecule has 1 unspecified atom stereocenters. The summed E-state index contributed by atoms with van der Waals surface area (Å²) in [6, 6.07) is 14.1. The van der Waals surface area contributed by atoms with Gasteiger partial charge < -0.3 is 10.1 Å². The maximum atomic E-state index is 12.8. The minimum atomic E-state index is -3.69. The molecule has 1 aliphatic carbocycles. The number of sulfonamides is 1. The van der Waals surface area contributed by atoms with Crippen LogP contribution < -0.4 is 10.0 Å². The molecule has 1 amide bonds. The summed E-state index contributed by atoms with van der Waals surface area (Å²) in [6.45, 7) is 7.58. The second-order valence-corrected chi connectivity index (χ2v) is 11.6. The zero-order valence-electron chi connectivity index (χ0n) is 19.0. The number of carbonyl (C=O) groups is 1. The summed E-state index contributed by atoms with van der Waals surface area (Å²) in [7, 11) is -3.69. The summed E-state index contributed by atoms with van der Waals surface area (Å²) < 4.78 is 33.8. The van der Waals surface area contributed by atoms with Crippen LogP contribution in [0.25, 0.3) is 0 Å². The van der Waals surface area contributed by atoms with E-state index in [9.17, 15) is 13.2 Å². The van der Waals surface area contributed by atoms with E-state index in [1.54, 1.807) is 24.3 Å². The predicted molar refractivity (Wildman–Crippen MR) is 125 cm³/mol. The van der Waals surface area contributed by atoms with E-state index in [0.717, 1.165) is 43.4 Å². The van der Waals surface area contributed by atoms with Crippen molar-refractivity contribution >= 4 is 21.6 Å². The Morgan fingerprint density at radius 2 is 1.72 bits per heavy atom. The molecule has 2 aromatic carbocycles. The van der Waals surface area contributed by atoms with Gasteiger partial charge in [0, 0.05) is 18.8 Å². The Morgan fingerprint density at radius 3 is 2.25 bits per heavy atom. The number of carbonyl (C=O) groups excluding carboxylic acids is 1. The normalized spacial score (nSPS) is 20.0. The highest BCUT2D eigenvalue weighted by Crippen LogP contribution is 2.48. The van der Waals surface area contributed by atoms with Gasteiger partial charge >= 0.3 is 0 Å². The van der Waals surface area contributed by atoms with E-state index in [2.05, 4.69) is 30.8 Å². The van der Waals surface area contributed by atoms with Crippen LogP contribution in [0, 0.1) is 0 Å². The number of rotatable bonds is 7. The molecule has 1 heterocycles. The van der Waals surface area contributed by atoms with Crippen LogP contribution >= 0.6 is 0 Å². The number of anilines is 1. The van der Waals surface area contributed by atoms with Crippen LogP contribution in [0.1, 0.15) is 57.6 Å². The van der Waals surface area contributed by atoms with Crippen molar-refractivity contribution in [3.63, 3.8) is 0 Å². The van der Waals surface area contributed by atoms with E-state index in [1.165, 1.54) is 0 Å². The first-order valence-electron chi connectivity index (χ1n) is 11.2. The van der Waals surface area contributed by atoms with Gasteiger partial charge in [0.25, 0.3) is 10.0 Å². The number of amides is 1. The van der Waals surface area contributed by atoms with Crippen LogP contribution in [0.15, 0.2) is 53.4 Å². The maximum Gasteiger partial charge on any atom is 0.261 e. The van der Waals surface area contributed by atoms with Crippen LogP contribution in [0.3, 0.4) is 0 Å². The summed E-state index contributed by atoms with van der Waals surface area (Å²) >= 11 is 0. The highest BCUT2D eigenvalue weighted by atomic mass is 32.2. The molecular weight excluding hydrogens is 424 g/mol. The molecule has 2 aromatic rings. The molecule has 1 saturated heterocycles. The molecule has 0 radical (unpaired) electrons. The van der Waals surface area contributed by atoms with E-state index in [1.807, 2.05) is 24.3 Å². The lowest BCUT2D eigenvalue weighted by atomic mass is 9.87. The van der Waals surface area contributed by atoms with Gasteiger partial charge in [0.05, 0.1) is 16.4 Å². The molecule has 2 fully saturated rings. The summed E-state index contributed by atoms with van der Waals surface area (Å²) in [5, 5.41) is 3.04. The second kappa shape index (κ2) is 8.52. The van der Waals surface area contributed by atoms with Gasteiger partial charge in [0.15, 0.2) is 0 Å². The molecule has 6 nitrogen and oxygen atoms in total. The van der Waals surface area contributed by atoms with Crippen molar-refractivity contribution in [2.75, 3.05) is 17.9 Å². The van der Waals surface area contributed by atoms with E-state index in [4.69, 9.17) is 4.74 Å². The first-order chi connectivity index (χ1) is 15.1. The Balaban J connectivity index is 1.41. The lowest BCUT2D eigenvalue weighted by Gasteiger charge is -2.19. The molecule has 1 aliphatic heterocycles. The van der Waals surface area contributed by atoms with E-state index < -0.39 is 15.4 Å². The van der Waals surface area contributed by atoms with E-state index in [-0.39, 0.29) is 22.3 Å². The largest absolute Gasteiger partial charge is 0.376 e. The van der Waals surface area contributed by atoms with Gasteiger partial charge in [-0.1, -0.05) is 45.0 Å². The van der Waals surface area contributed by atoms with Crippen molar-refractivity contribution < 1.29 is 17.9 Å². The first kappa shape index (κ1) is 22.8. The van der Waals surface area contributed by atoms with E-state index >= 15 is 0 Å². The summed E-state index contributed by atoms with van der Waals surface area (Å²) in [4.78, 5) is 13.0. The fourth-order valence-corrected chi connectivity index (χ4v) is 5.22. The SMILES string of the molecule is CC(C)(C)c1ccc(S(=O)(=O)Nc2ccc(C3(C(=O)NCC4CCCO4)CC3)cc2)cc1. The van der Waals surface area contributed by atoms with Gasteiger partial charge in [0.2, 0.25) is 5.91 Å². The lowest BCUT2D eigenvalue weighted by molar-refractivity contribution is -0.124. The quantitative estimate of drug-likeness (QED) is 0.657. The van der Waals surface area contributed by atoms with Crippen LogP contribution in [0.2, 0.25) is 0 Å². The van der Waals surface area contributed by atoms with Crippen molar-refractivity contribution in [1.29, 1.82) is 0 Å². The lowest BCUT2D eigenvalue weighted by Crippen LogP contribution is -2.39. The van der Waals surface area contributed by atoms with Crippen LogP contribution in [0.5, 0.6) is 0 Å². The highest BCUT2D eigenvalue weighted by Gasteiger charge is 2.51. The van der Waals surface area contributed by atoms with Crippen molar-refractivity contribution in [2.45, 2.75) is 68.3 Å². The monoisotopic (exact) mass is 456 g/mol. The van der Waals surface area contributed by atoms with Crippen molar-refractivity contribution in [1.82, 2.24) is 5.32 Å². The Labute approximate surface area is 190 Å². The zero-order chi connectivity index (χ0) is 23.0. The van der Waals surface area contributed by atoms with Crippen LogP contribution in [-0.2, 0) is 30.4 Å². The standard InChI is InChI=1S/C25H32N2O4S/c1-24(2,3)18-8-12-22(13-9-18)32(29,30)27-20-10-6-19(7-11-20)25(14-15-25)23(28)26-17-21-5-4-16-31-21/h6-13,21,27H,4-5,14-17H2,1-3H3,(H,26,28). The molecule has 0 spiro atoms. The second-order valence-electron chi connectivity index (χ2n) is 9.88. The van der Waals surface area contributed by atoms with Gasteiger partial charge in [-0.3, -0.25) is 9.52 Å². The molecule has 172 valence electrons. The van der Waals surface area contributed by atoms with Crippen LogP contribution in [0.4, 0.5) is 5.69 Å². The zero-order valence-corrected chi connectivity index (χ0v) is 19.8. The van der Waals surface area contributed by atoms with Crippen molar-refractivity contribution in [3.8, 4) is 0 Å². The Bertz CT molecular complexity index is 1060. The average molecular weight is 457 g/mol. The fourth-order valence-electron chi connectivity index (χ4n) is 4.16. The van der Waals surface area contributed by atoms with E-state index in [0.29, 0.717) is 12.2 Å². The minimum absolute atomic E-state index is 0.0280. The number of ether oxygens (including phenoxy) is 1. The maximum absolute atomic E-state index is 12.8. The number of benzene rings is 2. The Kier molecular flexibility index (Phi) is 6.07. The first-order valence-corrected chi connectivity index (χ1v) is 12.7. The summed E-state index contributed by atoms with van der Waals surface area (Å²) in [5.74, 6) is 0.0280. The van der Waals surface area contributed by atoms with Gasteiger partial charge in [-0.15, -0.1) is 0 Å². The third kappa shape index (κ3) is 4.84. The van der Waals surface area contributed by atoms with Crippen molar-refractivity contribution in [2.24, 2.45) is 0 Å². The topological polar surface area (TPSA) is 84.5 Å². The average Bonchev–Trinajstić information content (AvgIpc) is 3.40. The molecule has 4 rings (SSSR count). The third-order valence-electron chi connectivity index (χ3n) is 6.42. The Hall–Kier alpha value is -2.38. The smallest absolute Gasteiger partial charge is 0.261 e. The molecule has 7 heteroatoms. The number of hydrogen-bond acceptors (Lipinski definition) is 4. The predicted octanol–water partition coefficient (Wildman–Crippen LogP) is 4.11. The fraction of sp³-hybridized carbons (Fsp3) is 0.480. The summed E-state index contributed by atoms with van der Waals surface area (Å²) in [6.07, 6.45) is 3.75. The van der Waals surface area contributed by atoms with Gasteiger partial charge in [-0.25, -0.2) is 8.42 Å². The molecule has 1 atom stereocenters. The highest BCUT2D eigenvalue weighted by molar-refractivity contribution is 7.92. The molecule has 1 saturated carbocycles. The molecule has 2 N–H and O–H groups in total. The van der Waals surface area contributed by atoms with Crippen LogP contribution in [-0.4, -0.2) is 33.6 Å². The molecule has 32 heavy (non-hydrogen) atoms. The molecule has 2 aliphatic rings. The molecular formula is C25H32N2O4S. The summed E-state index contributed by atoms with van der Waals surface area (Å²) in [5.41, 5.74) is 1.93. The molecule has 0 bridgehead atoms. The number of nitrogens with one attached hydrogen (secondary N) is 2. The van der Waals surface area contributed by atoms with Gasteiger partial charge in [0.1, 0.15) is 0 Å². The van der Waals surface area contributed by atoms with Gasteiger partial charge in [-0.05, 0) is 66.5 Å². The molecule has 0 aromatic heterocycles. The van der Waals surface area contributed by atoms with Crippen molar-refractivity contribution in [3.05, 3.63) is 59.7 Å². The van der Waals surface area contributed by atoms with Gasteiger partial charge in [-0.2, -0.15) is 0 Å². The minimum Gasteiger partial charge on any atom is -0.376 e.